The summed E-state index contributed by atoms with van der Waals surface area (Å²) >= 11 is 3.37. The third-order valence-corrected chi connectivity index (χ3v) is 5.47. The molecule has 0 aliphatic carbocycles. The number of nitrogen functional groups attached to an aromatic ring is 1. The van der Waals surface area contributed by atoms with Gasteiger partial charge < -0.3 is 5.73 Å². The lowest BCUT2D eigenvalue weighted by atomic mass is 10.1. The summed E-state index contributed by atoms with van der Waals surface area (Å²) < 4.78 is 28.5. The smallest absolute Gasteiger partial charge is 0.264 e. The molecule has 0 aliphatic heterocycles. The Morgan fingerprint density at radius 3 is 2.29 bits per heavy atom. The minimum absolute atomic E-state index is 0.134. The fraction of sp³-hybridized carbons (Fsp3) is 0.200. The Hall–Kier alpha value is -1.53. The highest BCUT2D eigenvalue weighted by atomic mass is 79.9. The average molecular weight is 369 g/mol. The van der Waals surface area contributed by atoms with Crippen molar-refractivity contribution in [2.24, 2.45) is 0 Å². The van der Waals surface area contributed by atoms with E-state index in [2.05, 4.69) is 20.7 Å². The molecule has 4 nitrogen and oxygen atoms in total. The molecular formula is C15H17BrN2O2S. The molecule has 0 saturated carbocycles. The van der Waals surface area contributed by atoms with E-state index < -0.39 is 10.0 Å². The van der Waals surface area contributed by atoms with Crippen LogP contribution in [0.4, 0.5) is 11.4 Å². The largest absolute Gasteiger partial charge is 0.397 e. The Bertz CT molecular complexity index is 802. The van der Waals surface area contributed by atoms with Crippen molar-refractivity contribution in [3.05, 3.63) is 51.5 Å². The van der Waals surface area contributed by atoms with Crippen LogP contribution in [0.15, 0.2) is 39.7 Å². The molecule has 0 heterocycles. The van der Waals surface area contributed by atoms with E-state index in [0.29, 0.717) is 15.7 Å². The van der Waals surface area contributed by atoms with E-state index in [9.17, 15) is 8.42 Å². The third kappa shape index (κ3) is 3.22. The molecule has 0 saturated heterocycles. The zero-order valence-electron chi connectivity index (χ0n) is 12.1. The van der Waals surface area contributed by atoms with E-state index >= 15 is 0 Å². The number of rotatable bonds is 3. The predicted octanol–water partition coefficient (Wildman–Crippen LogP) is 3.76. The molecule has 0 aromatic heterocycles. The van der Waals surface area contributed by atoms with Crippen molar-refractivity contribution in [2.75, 3.05) is 10.5 Å². The molecule has 0 atom stereocenters. The van der Waals surface area contributed by atoms with Crippen LogP contribution in [-0.4, -0.2) is 8.42 Å². The molecular weight excluding hydrogens is 352 g/mol. The molecule has 0 spiro atoms. The maximum absolute atomic E-state index is 12.6. The van der Waals surface area contributed by atoms with Gasteiger partial charge in [-0.2, -0.15) is 0 Å². The number of nitrogens with one attached hydrogen (secondary N) is 1. The van der Waals surface area contributed by atoms with Gasteiger partial charge in [0.25, 0.3) is 10.0 Å². The van der Waals surface area contributed by atoms with Crippen LogP contribution >= 0.6 is 15.9 Å². The van der Waals surface area contributed by atoms with Gasteiger partial charge in [-0.25, -0.2) is 8.42 Å². The quantitative estimate of drug-likeness (QED) is 0.810. The van der Waals surface area contributed by atoms with Gasteiger partial charge in [-0.05, 0) is 65.5 Å². The number of hydrogen-bond acceptors (Lipinski definition) is 3. The number of sulfonamides is 1. The molecule has 0 bridgehead atoms. The lowest BCUT2D eigenvalue weighted by molar-refractivity contribution is 0.601. The van der Waals surface area contributed by atoms with Gasteiger partial charge in [0.2, 0.25) is 0 Å². The SMILES string of the molecule is Cc1ccc(NS(=O)(=O)c2c(C)ccc(C)c2N)c(Br)c1. The van der Waals surface area contributed by atoms with Gasteiger partial charge in [-0.15, -0.1) is 0 Å². The van der Waals surface area contributed by atoms with Crippen molar-refractivity contribution >= 4 is 37.3 Å². The molecule has 112 valence electrons. The lowest BCUT2D eigenvalue weighted by Gasteiger charge is -2.15. The van der Waals surface area contributed by atoms with Gasteiger partial charge in [0.05, 0.1) is 11.4 Å². The minimum atomic E-state index is -3.74. The fourth-order valence-corrected chi connectivity index (χ4v) is 4.30. The van der Waals surface area contributed by atoms with Crippen LogP contribution in [0.2, 0.25) is 0 Å². The maximum Gasteiger partial charge on any atom is 0.264 e. The monoisotopic (exact) mass is 368 g/mol. The Kier molecular flexibility index (Phi) is 4.30. The summed E-state index contributed by atoms with van der Waals surface area (Å²) in [5.41, 5.74) is 9.12. The van der Waals surface area contributed by atoms with Gasteiger partial charge >= 0.3 is 0 Å². The zero-order chi connectivity index (χ0) is 15.8. The van der Waals surface area contributed by atoms with E-state index in [0.717, 1.165) is 11.1 Å². The predicted molar refractivity (Wildman–Crippen MR) is 90.0 cm³/mol. The second-order valence-corrected chi connectivity index (χ2v) is 7.50. The average Bonchev–Trinajstić information content (AvgIpc) is 2.37. The van der Waals surface area contributed by atoms with E-state index in [1.165, 1.54) is 0 Å². The molecule has 0 radical (unpaired) electrons. The van der Waals surface area contributed by atoms with Crippen LogP contribution in [0.3, 0.4) is 0 Å². The lowest BCUT2D eigenvalue weighted by Crippen LogP contribution is -2.17. The Morgan fingerprint density at radius 2 is 1.67 bits per heavy atom. The number of anilines is 2. The van der Waals surface area contributed by atoms with E-state index in [1.807, 2.05) is 25.1 Å². The summed E-state index contributed by atoms with van der Waals surface area (Å²) in [5, 5.41) is 0. The highest BCUT2D eigenvalue weighted by molar-refractivity contribution is 9.10. The van der Waals surface area contributed by atoms with Crippen LogP contribution in [0.1, 0.15) is 16.7 Å². The van der Waals surface area contributed by atoms with Crippen molar-refractivity contribution in [3.63, 3.8) is 0 Å². The summed E-state index contributed by atoms with van der Waals surface area (Å²) in [6, 6.07) is 8.98. The first kappa shape index (κ1) is 15.9. The maximum atomic E-state index is 12.6. The van der Waals surface area contributed by atoms with Crippen molar-refractivity contribution in [3.8, 4) is 0 Å². The standard InChI is InChI=1S/C15H17BrN2O2S/c1-9-4-7-13(12(16)8-9)18-21(19,20)15-11(3)6-5-10(2)14(15)17/h4-8,18H,17H2,1-3H3. The van der Waals surface area contributed by atoms with E-state index in [-0.39, 0.29) is 10.6 Å². The van der Waals surface area contributed by atoms with Gasteiger partial charge in [0, 0.05) is 4.47 Å². The molecule has 21 heavy (non-hydrogen) atoms. The first-order chi connectivity index (χ1) is 9.72. The van der Waals surface area contributed by atoms with Crippen LogP contribution in [-0.2, 0) is 10.0 Å². The third-order valence-electron chi connectivity index (χ3n) is 3.25. The molecule has 0 unspecified atom stereocenters. The molecule has 0 aliphatic rings. The van der Waals surface area contributed by atoms with Gasteiger partial charge in [0.1, 0.15) is 4.90 Å². The van der Waals surface area contributed by atoms with E-state index in [4.69, 9.17) is 5.73 Å². The highest BCUT2D eigenvalue weighted by Crippen LogP contribution is 2.30. The summed E-state index contributed by atoms with van der Waals surface area (Å²) in [5.74, 6) is 0. The minimum Gasteiger partial charge on any atom is -0.397 e. The van der Waals surface area contributed by atoms with Crippen molar-refractivity contribution in [1.82, 2.24) is 0 Å². The molecule has 2 aromatic rings. The topological polar surface area (TPSA) is 72.2 Å². The highest BCUT2D eigenvalue weighted by Gasteiger charge is 2.22. The number of nitrogens with two attached hydrogens (primary N) is 1. The summed E-state index contributed by atoms with van der Waals surface area (Å²) in [6.07, 6.45) is 0. The van der Waals surface area contributed by atoms with Crippen LogP contribution in [0, 0.1) is 20.8 Å². The summed E-state index contributed by atoms with van der Waals surface area (Å²) in [4.78, 5) is 0.134. The van der Waals surface area contributed by atoms with E-state index in [1.54, 1.807) is 26.0 Å². The second-order valence-electron chi connectivity index (χ2n) is 5.03. The molecule has 2 rings (SSSR count). The molecule has 3 N–H and O–H groups in total. The second kappa shape index (κ2) is 5.69. The Balaban J connectivity index is 2.51. The normalized spacial score (nSPS) is 11.4. The molecule has 0 fully saturated rings. The number of benzene rings is 2. The Labute approximate surface area is 133 Å². The number of hydrogen-bond donors (Lipinski definition) is 2. The van der Waals surface area contributed by atoms with Gasteiger partial charge in [0.15, 0.2) is 0 Å². The number of aryl methyl sites for hydroxylation is 3. The molecule has 2 aromatic carbocycles. The van der Waals surface area contributed by atoms with Crippen LogP contribution in [0.5, 0.6) is 0 Å². The van der Waals surface area contributed by atoms with Crippen LogP contribution < -0.4 is 10.5 Å². The first-order valence-corrected chi connectivity index (χ1v) is 8.64. The molecule has 0 amide bonds. The molecule has 6 heteroatoms. The van der Waals surface area contributed by atoms with Gasteiger partial charge in [-0.3, -0.25) is 4.72 Å². The van der Waals surface area contributed by atoms with Gasteiger partial charge in [-0.1, -0.05) is 18.2 Å². The van der Waals surface area contributed by atoms with Crippen molar-refractivity contribution < 1.29 is 8.42 Å². The first-order valence-electron chi connectivity index (χ1n) is 6.37. The Morgan fingerprint density at radius 1 is 1.05 bits per heavy atom. The van der Waals surface area contributed by atoms with Crippen LogP contribution in [0.25, 0.3) is 0 Å². The van der Waals surface area contributed by atoms with Crippen molar-refractivity contribution in [1.29, 1.82) is 0 Å². The summed E-state index contributed by atoms with van der Waals surface area (Å²) in [6.45, 7) is 5.45. The summed E-state index contributed by atoms with van der Waals surface area (Å²) in [7, 11) is -3.74. The number of halogens is 1. The van der Waals surface area contributed by atoms with Crippen molar-refractivity contribution in [2.45, 2.75) is 25.7 Å². The fourth-order valence-electron chi connectivity index (χ4n) is 2.06. The zero-order valence-corrected chi connectivity index (χ0v) is 14.5.